The summed E-state index contributed by atoms with van der Waals surface area (Å²) in [5, 5.41) is 0. The molecule has 2 N–H and O–H groups in total. The number of nitrogens with two attached hydrogens (primary N) is 1. The van der Waals surface area contributed by atoms with Crippen molar-refractivity contribution >= 4 is 0 Å². The number of rotatable bonds is 3. The van der Waals surface area contributed by atoms with Crippen LogP contribution in [0.1, 0.15) is 19.3 Å². The van der Waals surface area contributed by atoms with E-state index in [1.807, 2.05) is 0 Å². The molecule has 2 heteroatoms. The van der Waals surface area contributed by atoms with Crippen LogP contribution >= 0.6 is 0 Å². The lowest BCUT2D eigenvalue weighted by Crippen LogP contribution is -2.22. The Morgan fingerprint density at radius 3 is 2.45 bits per heavy atom. The second-order valence-corrected chi connectivity index (χ2v) is 4.00. The SMILES string of the molecule is NC[C@@H]1C[C@@H]1CN1CCCC1. The fourth-order valence-corrected chi connectivity index (χ4v) is 2.12. The molecule has 1 saturated heterocycles. The zero-order valence-corrected chi connectivity index (χ0v) is 7.13. The highest BCUT2D eigenvalue weighted by atomic mass is 15.1. The summed E-state index contributed by atoms with van der Waals surface area (Å²) in [5.74, 6) is 1.83. The number of likely N-dealkylation sites (tertiary alicyclic amines) is 1. The third kappa shape index (κ3) is 1.74. The highest BCUT2D eigenvalue weighted by Crippen LogP contribution is 2.38. The van der Waals surface area contributed by atoms with Crippen molar-refractivity contribution in [2.75, 3.05) is 26.2 Å². The predicted octanol–water partition coefficient (Wildman–Crippen LogP) is 0.677. The molecule has 0 spiro atoms. The Balaban J connectivity index is 1.66. The first-order valence-corrected chi connectivity index (χ1v) is 4.82. The molecule has 0 bridgehead atoms. The average Bonchev–Trinajstić information content (AvgIpc) is 2.54. The van der Waals surface area contributed by atoms with Crippen LogP contribution in [-0.4, -0.2) is 31.1 Å². The van der Waals surface area contributed by atoms with Crippen LogP contribution in [0.4, 0.5) is 0 Å². The Morgan fingerprint density at radius 2 is 1.91 bits per heavy atom. The summed E-state index contributed by atoms with van der Waals surface area (Å²) in [6.45, 7) is 4.93. The van der Waals surface area contributed by atoms with Crippen LogP contribution < -0.4 is 5.73 Å². The minimum Gasteiger partial charge on any atom is -0.330 e. The highest BCUT2D eigenvalue weighted by molar-refractivity contribution is 4.89. The van der Waals surface area contributed by atoms with Crippen LogP contribution in [-0.2, 0) is 0 Å². The molecule has 1 heterocycles. The van der Waals surface area contributed by atoms with Gasteiger partial charge in [-0.05, 0) is 50.7 Å². The van der Waals surface area contributed by atoms with Crippen molar-refractivity contribution in [3.63, 3.8) is 0 Å². The van der Waals surface area contributed by atoms with E-state index >= 15 is 0 Å². The molecule has 0 amide bonds. The number of hydrogen-bond donors (Lipinski definition) is 1. The summed E-state index contributed by atoms with van der Waals surface area (Å²) in [7, 11) is 0. The zero-order valence-electron chi connectivity index (χ0n) is 7.13. The van der Waals surface area contributed by atoms with E-state index in [0.29, 0.717) is 0 Å². The van der Waals surface area contributed by atoms with E-state index in [1.165, 1.54) is 38.9 Å². The van der Waals surface area contributed by atoms with E-state index < -0.39 is 0 Å². The van der Waals surface area contributed by atoms with Gasteiger partial charge in [0.2, 0.25) is 0 Å². The number of nitrogens with zero attached hydrogens (tertiary/aromatic N) is 1. The van der Waals surface area contributed by atoms with Gasteiger partial charge in [-0.3, -0.25) is 0 Å². The molecule has 2 atom stereocenters. The molecule has 1 saturated carbocycles. The summed E-state index contributed by atoms with van der Waals surface area (Å²) in [6.07, 6.45) is 4.23. The van der Waals surface area contributed by atoms with Gasteiger partial charge < -0.3 is 10.6 Å². The van der Waals surface area contributed by atoms with Gasteiger partial charge in [-0.25, -0.2) is 0 Å². The predicted molar refractivity (Wildman–Crippen MR) is 46.3 cm³/mol. The maximum Gasteiger partial charge on any atom is 0.00129 e. The van der Waals surface area contributed by atoms with Crippen molar-refractivity contribution in [2.24, 2.45) is 17.6 Å². The molecule has 1 aliphatic carbocycles. The lowest BCUT2D eigenvalue weighted by molar-refractivity contribution is 0.317. The van der Waals surface area contributed by atoms with E-state index in [4.69, 9.17) is 5.73 Å². The van der Waals surface area contributed by atoms with Gasteiger partial charge in [0.1, 0.15) is 0 Å². The van der Waals surface area contributed by atoms with Gasteiger partial charge in [0.05, 0.1) is 0 Å². The molecule has 1 aliphatic heterocycles. The average molecular weight is 154 g/mol. The molecule has 0 aromatic carbocycles. The van der Waals surface area contributed by atoms with Crippen molar-refractivity contribution in [3.8, 4) is 0 Å². The molecule has 2 nitrogen and oxygen atoms in total. The lowest BCUT2D eigenvalue weighted by Gasteiger charge is -2.13. The van der Waals surface area contributed by atoms with Gasteiger partial charge in [0.25, 0.3) is 0 Å². The minimum atomic E-state index is 0.871. The van der Waals surface area contributed by atoms with Crippen LogP contribution in [0.3, 0.4) is 0 Å². The Hall–Kier alpha value is -0.0800. The first kappa shape index (κ1) is 7.56. The van der Waals surface area contributed by atoms with Crippen molar-refractivity contribution in [1.29, 1.82) is 0 Å². The zero-order chi connectivity index (χ0) is 7.68. The molecule has 0 aromatic rings. The van der Waals surface area contributed by atoms with Crippen molar-refractivity contribution < 1.29 is 0 Å². The fourth-order valence-electron chi connectivity index (χ4n) is 2.12. The van der Waals surface area contributed by atoms with Crippen molar-refractivity contribution in [3.05, 3.63) is 0 Å². The Labute approximate surface area is 68.7 Å². The van der Waals surface area contributed by atoms with E-state index in [0.717, 1.165) is 18.4 Å². The van der Waals surface area contributed by atoms with Crippen LogP contribution in [0.5, 0.6) is 0 Å². The maximum absolute atomic E-state index is 5.58. The minimum absolute atomic E-state index is 0.871. The van der Waals surface area contributed by atoms with Crippen LogP contribution in [0.15, 0.2) is 0 Å². The molecule has 2 fully saturated rings. The molecule has 2 aliphatic rings. The van der Waals surface area contributed by atoms with E-state index in [2.05, 4.69) is 4.90 Å². The Kier molecular flexibility index (Phi) is 2.14. The van der Waals surface area contributed by atoms with Gasteiger partial charge in [0.15, 0.2) is 0 Å². The van der Waals surface area contributed by atoms with Crippen LogP contribution in [0, 0.1) is 11.8 Å². The topological polar surface area (TPSA) is 29.3 Å². The van der Waals surface area contributed by atoms with Crippen molar-refractivity contribution in [1.82, 2.24) is 4.90 Å². The van der Waals surface area contributed by atoms with Gasteiger partial charge in [-0.15, -0.1) is 0 Å². The van der Waals surface area contributed by atoms with E-state index in [1.54, 1.807) is 0 Å². The van der Waals surface area contributed by atoms with Gasteiger partial charge in [-0.2, -0.15) is 0 Å². The van der Waals surface area contributed by atoms with Crippen LogP contribution in [0.25, 0.3) is 0 Å². The summed E-state index contributed by atoms with van der Waals surface area (Å²) in [4.78, 5) is 2.60. The summed E-state index contributed by atoms with van der Waals surface area (Å²) in [6, 6.07) is 0. The molecule has 2 rings (SSSR count). The Morgan fingerprint density at radius 1 is 1.18 bits per heavy atom. The largest absolute Gasteiger partial charge is 0.330 e. The van der Waals surface area contributed by atoms with Gasteiger partial charge in [0, 0.05) is 6.54 Å². The van der Waals surface area contributed by atoms with Gasteiger partial charge >= 0.3 is 0 Å². The molecule has 11 heavy (non-hydrogen) atoms. The standard InChI is InChI=1S/C9H18N2/c10-6-8-5-9(8)7-11-3-1-2-4-11/h8-9H,1-7,10H2/t8-,9+/m0/s1. The second-order valence-electron chi connectivity index (χ2n) is 4.00. The molecule has 0 unspecified atom stereocenters. The summed E-state index contributed by atoms with van der Waals surface area (Å²) in [5.41, 5.74) is 5.58. The molecular formula is C9H18N2. The Bertz CT molecular complexity index is 130. The monoisotopic (exact) mass is 154 g/mol. The fraction of sp³-hybridized carbons (Fsp3) is 1.00. The quantitative estimate of drug-likeness (QED) is 0.647. The molecule has 64 valence electrons. The second kappa shape index (κ2) is 3.11. The smallest absolute Gasteiger partial charge is 0.00129 e. The normalized spacial score (nSPS) is 37.9. The molecule has 0 radical (unpaired) electrons. The number of hydrogen-bond acceptors (Lipinski definition) is 2. The van der Waals surface area contributed by atoms with E-state index in [9.17, 15) is 0 Å². The summed E-state index contributed by atoms with van der Waals surface area (Å²) >= 11 is 0. The maximum atomic E-state index is 5.58. The lowest BCUT2D eigenvalue weighted by atomic mass is 10.3. The molecule has 0 aromatic heterocycles. The first-order valence-electron chi connectivity index (χ1n) is 4.82. The third-order valence-corrected chi connectivity index (χ3v) is 3.06. The van der Waals surface area contributed by atoms with E-state index in [-0.39, 0.29) is 0 Å². The molecular weight excluding hydrogens is 136 g/mol. The van der Waals surface area contributed by atoms with Gasteiger partial charge in [-0.1, -0.05) is 0 Å². The first-order chi connectivity index (χ1) is 5.40. The highest BCUT2D eigenvalue weighted by Gasteiger charge is 2.36. The summed E-state index contributed by atoms with van der Waals surface area (Å²) < 4.78 is 0. The van der Waals surface area contributed by atoms with Crippen LogP contribution in [0.2, 0.25) is 0 Å². The van der Waals surface area contributed by atoms with Crippen molar-refractivity contribution in [2.45, 2.75) is 19.3 Å². The third-order valence-electron chi connectivity index (χ3n) is 3.06.